The molecule has 0 radical (unpaired) electrons. The van der Waals surface area contributed by atoms with Gasteiger partial charge in [0.05, 0.1) is 5.75 Å². The lowest BCUT2D eigenvalue weighted by Crippen LogP contribution is -2.53. The third kappa shape index (κ3) is 8.41. The number of nitrogens with one attached hydrogen (secondary N) is 1. The van der Waals surface area contributed by atoms with Crippen molar-refractivity contribution in [2.24, 2.45) is 0 Å². The normalized spacial score (nSPS) is 12.3. The number of amides is 2. The second-order valence-electron chi connectivity index (χ2n) is 8.36. The van der Waals surface area contributed by atoms with Gasteiger partial charge in [-0.15, -0.1) is 11.8 Å². The highest BCUT2D eigenvalue weighted by atomic mass is 35.5. The molecule has 0 aliphatic heterocycles. The Morgan fingerprint density at radius 3 is 2.27 bits per heavy atom. The van der Waals surface area contributed by atoms with E-state index in [-0.39, 0.29) is 17.4 Å². The van der Waals surface area contributed by atoms with Crippen LogP contribution in [-0.2, 0) is 21.8 Å². The van der Waals surface area contributed by atoms with Crippen molar-refractivity contribution in [1.29, 1.82) is 0 Å². The molecule has 2 aromatic rings. The molecule has 0 aliphatic rings. The average Bonchev–Trinajstić information content (AvgIpc) is 2.69. The van der Waals surface area contributed by atoms with Gasteiger partial charge < -0.3 is 10.2 Å². The molecule has 6 heteroatoms. The Hall–Kier alpha value is -1.98. The predicted molar refractivity (Wildman–Crippen MR) is 127 cm³/mol. The van der Waals surface area contributed by atoms with Crippen LogP contribution in [0.5, 0.6) is 0 Å². The zero-order valence-electron chi connectivity index (χ0n) is 18.2. The van der Waals surface area contributed by atoms with E-state index >= 15 is 0 Å². The highest BCUT2D eigenvalue weighted by Gasteiger charge is 2.27. The van der Waals surface area contributed by atoms with Crippen molar-refractivity contribution in [3.8, 4) is 0 Å². The van der Waals surface area contributed by atoms with Gasteiger partial charge >= 0.3 is 0 Å². The lowest BCUT2D eigenvalue weighted by Gasteiger charge is -2.31. The Morgan fingerprint density at radius 1 is 1.03 bits per heavy atom. The van der Waals surface area contributed by atoms with Crippen LogP contribution in [0.15, 0.2) is 54.6 Å². The van der Waals surface area contributed by atoms with Crippen molar-refractivity contribution in [2.45, 2.75) is 51.4 Å². The molecule has 1 N–H and O–H groups in total. The van der Waals surface area contributed by atoms with Crippen LogP contribution in [0.3, 0.4) is 0 Å². The van der Waals surface area contributed by atoms with Crippen LogP contribution in [0.4, 0.5) is 0 Å². The van der Waals surface area contributed by atoms with Gasteiger partial charge in [0.1, 0.15) is 6.04 Å². The second kappa shape index (κ2) is 11.4. The summed E-state index contributed by atoms with van der Waals surface area (Å²) in [6, 6.07) is 17.1. The highest BCUT2D eigenvalue weighted by Crippen LogP contribution is 2.17. The Balaban J connectivity index is 2.01. The van der Waals surface area contributed by atoms with E-state index in [1.807, 2.05) is 75.4 Å². The van der Waals surface area contributed by atoms with Crippen LogP contribution in [0, 0.1) is 0 Å². The van der Waals surface area contributed by atoms with Crippen LogP contribution >= 0.6 is 23.4 Å². The Labute approximate surface area is 189 Å². The first-order chi connectivity index (χ1) is 14.2. The molecule has 0 aliphatic carbocycles. The molecule has 4 nitrogen and oxygen atoms in total. The first-order valence-corrected chi connectivity index (χ1v) is 11.7. The zero-order valence-corrected chi connectivity index (χ0v) is 19.7. The molecule has 0 unspecified atom stereocenters. The highest BCUT2D eigenvalue weighted by molar-refractivity contribution is 7.99. The number of carbonyl (C=O) groups excluding carboxylic acids is 2. The Kier molecular flexibility index (Phi) is 9.25. The maximum Gasteiger partial charge on any atom is 0.242 e. The van der Waals surface area contributed by atoms with E-state index in [2.05, 4.69) is 5.32 Å². The molecule has 30 heavy (non-hydrogen) atoms. The first-order valence-electron chi connectivity index (χ1n) is 10.1. The SMILES string of the molecule is C[C@H](C(=O)NC(C)(C)C)N(CCc1ccccc1)C(=O)CSCc1ccc(Cl)cc1. The number of nitrogens with zero attached hydrogens (tertiary/aromatic N) is 1. The van der Waals surface area contributed by atoms with Crippen LogP contribution in [-0.4, -0.2) is 40.6 Å². The molecule has 2 rings (SSSR count). The number of hydrogen-bond donors (Lipinski definition) is 1. The number of carbonyl (C=O) groups is 2. The van der Waals surface area contributed by atoms with Gasteiger partial charge in [-0.2, -0.15) is 0 Å². The Morgan fingerprint density at radius 2 is 1.67 bits per heavy atom. The summed E-state index contributed by atoms with van der Waals surface area (Å²) in [5.41, 5.74) is 1.92. The largest absolute Gasteiger partial charge is 0.350 e. The smallest absolute Gasteiger partial charge is 0.242 e. The fourth-order valence-corrected chi connectivity index (χ4v) is 3.96. The van der Waals surface area contributed by atoms with Gasteiger partial charge in [-0.3, -0.25) is 9.59 Å². The summed E-state index contributed by atoms with van der Waals surface area (Å²) in [6.07, 6.45) is 0.710. The molecule has 0 bridgehead atoms. The standard InChI is InChI=1S/C24H31ClN2O2S/c1-18(23(29)26-24(2,3)4)27(15-14-19-8-6-5-7-9-19)22(28)17-30-16-20-10-12-21(25)13-11-20/h5-13,18H,14-17H2,1-4H3,(H,26,29)/t18-/m1/s1. The third-order valence-electron chi connectivity index (χ3n) is 4.56. The molecule has 162 valence electrons. The predicted octanol–water partition coefficient (Wildman–Crippen LogP) is 4.95. The van der Waals surface area contributed by atoms with Crippen LogP contribution in [0.25, 0.3) is 0 Å². The minimum atomic E-state index is -0.531. The molecule has 2 aromatic carbocycles. The van der Waals surface area contributed by atoms with Gasteiger partial charge in [0.25, 0.3) is 0 Å². The van der Waals surface area contributed by atoms with Gasteiger partial charge in [0.15, 0.2) is 0 Å². The molecule has 2 amide bonds. The molecule has 0 aromatic heterocycles. The van der Waals surface area contributed by atoms with Crippen LogP contribution in [0.2, 0.25) is 5.02 Å². The summed E-state index contributed by atoms with van der Waals surface area (Å²) in [7, 11) is 0. The minimum absolute atomic E-state index is 0.0264. The topological polar surface area (TPSA) is 49.4 Å². The van der Waals surface area contributed by atoms with Crippen LogP contribution in [0.1, 0.15) is 38.8 Å². The van der Waals surface area contributed by atoms with E-state index in [4.69, 9.17) is 11.6 Å². The summed E-state index contributed by atoms with van der Waals surface area (Å²) in [5.74, 6) is 0.885. The van der Waals surface area contributed by atoms with E-state index in [0.29, 0.717) is 23.7 Å². The molecule has 0 spiro atoms. The van der Waals surface area contributed by atoms with Gasteiger partial charge in [-0.25, -0.2) is 0 Å². The van der Waals surface area contributed by atoms with Crippen molar-refractivity contribution < 1.29 is 9.59 Å². The average molecular weight is 447 g/mol. The summed E-state index contributed by atoms with van der Waals surface area (Å²) < 4.78 is 0. The lowest BCUT2D eigenvalue weighted by atomic mass is 10.1. The maximum atomic E-state index is 13.0. The zero-order chi connectivity index (χ0) is 22.1. The van der Waals surface area contributed by atoms with Gasteiger partial charge in [-0.05, 0) is 57.4 Å². The van der Waals surface area contributed by atoms with E-state index in [1.165, 1.54) is 0 Å². The molecule has 0 heterocycles. The molecule has 1 atom stereocenters. The number of hydrogen-bond acceptors (Lipinski definition) is 3. The van der Waals surface area contributed by atoms with Crippen molar-refractivity contribution >= 4 is 35.2 Å². The van der Waals surface area contributed by atoms with Gasteiger partial charge in [0, 0.05) is 22.9 Å². The number of benzene rings is 2. The maximum absolute atomic E-state index is 13.0. The monoisotopic (exact) mass is 446 g/mol. The van der Waals surface area contributed by atoms with E-state index in [0.717, 1.165) is 16.9 Å². The summed E-state index contributed by atoms with van der Waals surface area (Å²) >= 11 is 7.47. The summed E-state index contributed by atoms with van der Waals surface area (Å²) in [6.45, 7) is 8.12. The van der Waals surface area contributed by atoms with Crippen molar-refractivity contribution in [3.63, 3.8) is 0 Å². The molecule has 0 fully saturated rings. The molecular weight excluding hydrogens is 416 g/mol. The summed E-state index contributed by atoms with van der Waals surface area (Å²) in [4.78, 5) is 27.4. The summed E-state index contributed by atoms with van der Waals surface area (Å²) in [5, 5.41) is 3.69. The number of halogens is 1. The van der Waals surface area contributed by atoms with E-state index in [1.54, 1.807) is 23.6 Å². The first kappa shape index (κ1) is 24.3. The van der Waals surface area contributed by atoms with Crippen molar-refractivity contribution in [1.82, 2.24) is 10.2 Å². The third-order valence-corrected chi connectivity index (χ3v) is 5.80. The Bertz CT molecular complexity index is 819. The molecule has 0 saturated heterocycles. The fraction of sp³-hybridized carbons (Fsp3) is 0.417. The van der Waals surface area contributed by atoms with Crippen molar-refractivity contribution in [3.05, 3.63) is 70.7 Å². The van der Waals surface area contributed by atoms with E-state index < -0.39 is 6.04 Å². The quantitative estimate of drug-likeness (QED) is 0.593. The molecular formula is C24H31ClN2O2S. The number of rotatable bonds is 9. The van der Waals surface area contributed by atoms with Gasteiger partial charge in [-0.1, -0.05) is 54.1 Å². The van der Waals surface area contributed by atoms with Gasteiger partial charge in [0.2, 0.25) is 11.8 Å². The second-order valence-corrected chi connectivity index (χ2v) is 9.78. The fourth-order valence-electron chi connectivity index (χ4n) is 2.96. The van der Waals surface area contributed by atoms with Crippen molar-refractivity contribution in [2.75, 3.05) is 12.3 Å². The minimum Gasteiger partial charge on any atom is -0.350 e. The van der Waals surface area contributed by atoms with E-state index in [9.17, 15) is 9.59 Å². The molecule has 0 saturated carbocycles. The van der Waals surface area contributed by atoms with Crippen LogP contribution < -0.4 is 5.32 Å². The lowest BCUT2D eigenvalue weighted by molar-refractivity contribution is -0.138. The number of thioether (sulfide) groups is 1.